The second-order valence-corrected chi connectivity index (χ2v) is 26.7. The molecule has 0 radical (unpaired) electrons. The Hall–Kier alpha value is -5.42. The molecular weight excluding hydrogens is 1100 g/mol. The van der Waals surface area contributed by atoms with Crippen molar-refractivity contribution in [1.82, 2.24) is 9.97 Å². The summed E-state index contributed by atoms with van der Waals surface area (Å²) in [6.45, 7) is 0. The quantitative estimate of drug-likeness (QED) is 0.122. The molecule has 0 saturated carbocycles. The maximum atomic E-state index is 8.60. The van der Waals surface area contributed by atoms with Crippen molar-refractivity contribution >= 4 is 102 Å². The van der Waals surface area contributed by atoms with E-state index in [9.17, 15) is 0 Å². The van der Waals surface area contributed by atoms with E-state index in [0.29, 0.717) is 32.0 Å². The predicted molar refractivity (Wildman–Crippen MR) is 280 cm³/mol. The molecular formula is C54H40Cl4N2O10P2S2+2. The van der Waals surface area contributed by atoms with Crippen molar-refractivity contribution in [1.29, 1.82) is 0 Å². The number of nitrogens with zero attached hydrogens (tertiary/aromatic N) is 2. The first-order valence-electron chi connectivity index (χ1n) is 21.8. The topological polar surface area (TPSA) is 231 Å². The molecule has 0 spiro atoms. The third-order valence-electron chi connectivity index (χ3n) is 11.0. The van der Waals surface area contributed by atoms with Gasteiger partial charge in [-0.25, -0.2) is 0 Å². The van der Waals surface area contributed by atoms with Gasteiger partial charge in [0.25, 0.3) is 10.9 Å². The van der Waals surface area contributed by atoms with E-state index in [0.717, 1.165) is 53.8 Å². The maximum absolute atomic E-state index is 8.60. The molecule has 2 N–H and O–H groups in total. The van der Waals surface area contributed by atoms with Crippen LogP contribution in [0.5, 0.6) is 0 Å². The van der Waals surface area contributed by atoms with E-state index in [1.165, 1.54) is 21.6 Å². The fourth-order valence-electron chi connectivity index (χ4n) is 8.17. The molecule has 0 amide bonds. The van der Waals surface area contributed by atoms with Crippen molar-refractivity contribution in [2.45, 2.75) is 10.2 Å². The minimum absolute atomic E-state index is 0.501. The Kier molecular flexibility index (Phi) is 18.2. The van der Waals surface area contributed by atoms with Crippen LogP contribution < -0.4 is 70.7 Å². The van der Waals surface area contributed by atoms with Crippen molar-refractivity contribution in [2.24, 2.45) is 0 Å². The second-order valence-electron chi connectivity index (χ2n) is 15.6. The van der Waals surface area contributed by atoms with Gasteiger partial charge in [0.2, 0.25) is 22.0 Å². The Balaban J connectivity index is 0.000000667. The minimum Gasteiger partial charge on any atom is -0.424 e. The summed E-state index contributed by atoms with van der Waals surface area (Å²) in [7, 11) is -11.8. The molecule has 10 rings (SSSR count). The van der Waals surface area contributed by atoms with E-state index in [4.69, 9.17) is 79.3 Å². The summed E-state index contributed by atoms with van der Waals surface area (Å²) in [5.41, 5.74) is 3.35. The highest BCUT2D eigenvalue weighted by Crippen LogP contribution is 2.60. The Morgan fingerprint density at radius 1 is 0.351 bits per heavy atom. The SMILES string of the molecule is Clc1ccc(-c2nc([P+](c3ccccc3)(c3ccccc3)c3ccccc3)c(SSc3oc(-c4ccc(Cl)cc4)nc3[P+](c3ccccc3)(c3ccccc3)c3ccccc3)o2)cc1.[O-][Cl+3]([O-])([O-])O.[O-][Cl+3]([O-])([O-])O. The van der Waals surface area contributed by atoms with Gasteiger partial charge in [-0.2, -0.15) is 37.9 Å². The third kappa shape index (κ3) is 13.1. The Bertz CT molecular complexity index is 2920. The highest BCUT2D eigenvalue weighted by Gasteiger charge is 2.55. The van der Waals surface area contributed by atoms with Gasteiger partial charge in [-0.1, -0.05) is 132 Å². The molecule has 74 heavy (non-hydrogen) atoms. The van der Waals surface area contributed by atoms with E-state index in [1.807, 2.05) is 48.5 Å². The lowest BCUT2D eigenvalue weighted by Crippen LogP contribution is -2.58. The summed E-state index contributed by atoms with van der Waals surface area (Å²) in [4.78, 5) is 11.1. The average Bonchev–Trinajstić information content (AvgIpc) is 4.05. The van der Waals surface area contributed by atoms with Crippen LogP contribution in [0.15, 0.2) is 250 Å². The molecule has 0 unspecified atom stereocenters. The zero-order valence-electron chi connectivity index (χ0n) is 38.2. The van der Waals surface area contributed by atoms with Gasteiger partial charge in [-0.3, -0.25) is 0 Å². The van der Waals surface area contributed by atoms with Gasteiger partial charge in [0.1, 0.15) is 31.8 Å². The van der Waals surface area contributed by atoms with Gasteiger partial charge >= 0.3 is 0 Å². The molecule has 8 aromatic carbocycles. The second kappa shape index (κ2) is 24.5. The number of rotatable bonds is 13. The summed E-state index contributed by atoms with van der Waals surface area (Å²) in [6, 6.07) is 79.6. The van der Waals surface area contributed by atoms with Crippen LogP contribution in [0.25, 0.3) is 22.9 Å². The largest absolute Gasteiger partial charge is 0.424 e. The lowest BCUT2D eigenvalue weighted by atomic mass is 10.2. The Labute approximate surface area is 449 Å². The molecule has 12 nitrogen and oxygen atoms in total. The monoisotopic (exact) mass is 1140 g/mol. The number of hydrogen-bond donors (Lipinski definition) is 2. The highest BCUT2D eigenvalue weighted by molar-refractivity contribution is 8.76. The van der Waals surface area contributed by atoms with Crippen LogP contribution in [0, 0.1) is 20.5 Å². The molecule has 0 aliphatic heterocycles. The lowest BCUT2D eigenvalue weighted by molar-refractivity contribution is -1.92. The molecule has 0 saturated heterocycles. The fraction of sp³-hybridized carbons (Fsp3) is 0. The van der Waals surface area contributed by atoms with E-state index in [-0.39, 0.29) is 0 Å². The van der Waals surface area contributed by atoms with Crippen LogP contribution in [0.4, 0.5) is 0 Å². The first kappa shape index (κ1) is 54.8. The molecule has 374 valence electrons. The van der Waals surface area contributed by atoms with Gasteiger partial charge in [0, 0.05) is 21.2 Å². The molecule has 2 heterocycles. The molecule has 0 fully saturated rings. The number of oxazole rings is 2. The molecule has 0 bridgehead atoms. The minimum atomic E-state index is -4.69. The maximum Gasteiger partial charge on any atom is 0.252 e. The summed E-state index contributed by atoms with van der Waals surface area (Å²) >= 11 is 12.9. The summed E-state index contributed by atoms with van der Waals surface area (Å²) in [6.07, 6.45) is 0. The zero-order chi connectivity index (χ0) is 52.4. The van der Waals surface area contributed by atoms with Gasteiger partial charge < -0.3 is 8.83 Å². The van der Waals surface area contributed by atoms with Gasteiger partial charge in [0.15, 0.2) is 14.5 Å². The Morgan fingerprint density at radius 2 is 0.554 bits per heavy atom. The first-order valence-corrected chi connectivity index (χ1v) is 30.8. The number of aromatic nitrogens is 2. The number of benzene rings is 8. The summed E-state index contributed by atoms with van der Waals surface area (Å²) < 4.78 is 79.6. The van der Waals surface area contributed by atoms with Crippen LogP contribution in [0.2, 0.25) is 10.0 Å². The van der Waals surface area contributed by atoms with Crippen molar-refractivity contribution in [2.75, 3.05) is 0 Å². The van der Waals surface area contributed by atoms with E-state index >= 15 is 0 Å². The van der Waals surface area contributed by atoms with E-state index in [2.05, 4.69) is 182 Å². The average molecular weight is 1140 g/mol. The summed E-state index contributed by atoms with van der Waals surface area (Å²) in [5.74, 6) is 1.00. The van der Waals surface area contributed by atoms with Crippen LogP contribution >= 0.6 is 59.3 Å². The van der Waals surface area contributed by atoms with Crippen molar-refractivity contribution in [3.05, 3.63) is 241 Å². The van der Waals surface area contributed by atoms with Gasteiger partial charge in [-0.05, 0) is 143 Å². The number of halogens is 4. The van der Waals surface area contributed by atoms with Crippen molar-refractivity contribution in [3.8, 4) is 22.9 Å². The predicted octanol–water partition coefficient (Wildman–Crippen LogP) is 4.09. The molecule has 0 aliphatic rings. The van der Waals surface area contributed by atoms with Crippen molar-refractivity contribution < 1.29 is 66.6 Å². The molecule has 10 aromatic rings. The lowest BCUT2D eigenvalue weighted by Gasteiger charge is -2.26. The third-order valence-corrected chi connectivity index (χ3v) is 22.2. The zero-order valence-corrected chi connectivity index (χ0v) is 44.7. The van der Waals surface area contributed by atoms with Gasteiger partial charge in [0.05, 0.1) is 29.8 Å². The molecule has 20 heteroatoms. The molecule has 2 aromatic heterocycles. The van der Waals surface area contributed by atoms with E-state index < -0.39 is 35.0 Å². The molecule has 0 atom stereocenters. The Morgan fingerprint density at radius 3 is 0.757 bits per heavy atom. The van der Waals surface area contributed by atoms with Crippen LogP contribution in [-0.2, 0) is 0 Å². The van der Waals surface area contributed by atoms with Crippen molar-refractivity contribution in [3.63, 3.8) is 0 Å². The van der Waals surface area contributed by atoms with E-state index in [1.54, 1.807) is 0 Å². The fourth-order valence-corrected chi connectivity index (χ4v) is 19.7. The van der Waals surface area contributed by atoms with Crippen LogP contribution in [0.3, 0.4) is 0 Å². The number of hydrogen-bond acceptors (Lipinski definition) is 14. The molecule has 0 aliphatic carbocycles. The standard InChI is InChI=1S/C54H38Cl2N2O2P2S2.2ClHO4/c55-41-35-31-39(32-36-41)49-57-51(61(43-19-7-1-8-20-43,44-21-9-2-10-22-44)45-23-11-3-12-24-45)53(59-49)63-64-54-52(58-50(60-54)40-33-37-42(56)38-34-40)62(46-25-13-4-14-26-46,47-27-15-5-16-28-47)48-29-17-6-18-30-48;2*2-1(3,4)5/h1-38H;2*(H,2,3,4,5)/q+2;;. The highest BCUT2D eigenvalue weighted by atomic mass is 35.7. The van der Waals surface area contributed by atoms with Gasteiger partial charge in [-0.15, -0.1) is 0 Å². The van der Waals surface area contributed by atoms with Crippen LogP contribution in [0.1, 0.15) is 0 Å². The van der Waals surface area contributed by atoms with Crippen LogP contribution in [-0.4, -0.2) is 19.3 Å². The summed E-state index contributed by atoms with van der Waals surface area (Å²) in [5, 5.41) is 9.53. The normalized spacial score (nSPS) is 11.8. The smallest absolute Gasteiger partial charge is 0.252 e. The first-order chi connectivity index (χ1) is 35.5.